The van der Waals surface area contributed by atoms with Crippen LogP contribution in [0.5, 0.6) is 0 Å². The molecule has 0 aromatic heterocycles. The van der Waals surface area contributed by atoms with E-state index in [-0.39, 0.29) is 11.9 Å². The molecule has 2 atom stereocenters. The predicted molar refractivity (Wildman–Crippen MR) is 53.2 cm³/mol. The van der Waals surface area contributed by atoms with E-state index in [1.165, 1.54) is 0 Å². The minimum absolute atomic E-state index is 0.175. The molecule has 1 rings (SSSR count). The smallest absolute Gasteiger partial charge is 0.220 e. The summed E-state index contributed by atoms with van der Waals surface area (Å²) in [5.41, 5.74) is 5.77. The zero-order valence-corrected chi connectivity index (χ0v) is 8.55. The van der Waals surface area contributed by atoms with Crippen LogP contribution < -0.4 is 11.1 Å². The van der Waals surface area contributed by atoms with Gasteiger partial charge in [0.25, 0.3) is 0 Å². The fourth-order valence-electron chi connectivity index (χ4n) is 1.94. The van der Waals surface area contributed by atoms with Crippen molar-refractivity contribution in [2.45, 2.75) is 51.6 Å². The molecule has 0 heterocycles. The molecule has 3 nitrogen and oxygen atoms in total. The molecule has 0 aliphatic heterocycles. The van der Waals surface area contributed by atoms with Crippen molar-refractivity contribution in [2.24, 2.45) is 11.7 Å². The molecule has 1 aliphatic carbocycles. The predicted octanol–water partition coefficient (Wildman–Crippen LogP) is 1.03. The van der Waals surface area contributed by atoms with E-state index in [1.54, 1.807) is 0 Å². The summed E-state index contributed by atoms with van der Waals surface area (Å²) in [6, 6.07) is 0.583. The molecule has 1 amide bonds. The van der Waals surface area contributed by atoms with Crippen LogP contribution in [0.2, 0.25) is 0 Å². The molecule has 0 saturated heterocycles. The lowest BCUT2D eigenvalue weighted by atomic mass is 10.0. The Morgan fingerprint density at radius 3 is 2.69 bits per heavy atom. The minimum atomic E-state index is 0.175. The van der Waals surface area contributed by atoms with Gasteiger partial charge in [-0.05, 0) is 39.0 Å². The molecule has 2 unspecified atom stereocenters. The average molecular weight is 184 g/mol. The van der Waals surface area contributed by atoms with E-state index in [2.05, 4.69) is 5.32 Å². The van der Waals surface area contributed by atoms with Gasteiger partial charge in [0.15, 0.2) is 0 Å². The fourth-order valence-corrected chi connectivity index (χ4v) is 1.94. The van der Waals surface area contributed by atoms with Crippen molar-refractivity contribution >= 4 is 5.91 Å². The van der Waals surface area contributed by atoms with Crippen LogP contribution in [0.3, 0.4) is 0 Å². The molecule has 0 spiro atoms. The Morgan fingerprint density at radius 2 is 2.23 bits per heavy atom. The highest BCUT2D eigenvalue weighted by Crippen LogP contribution is 2.26. The number of amides is 1. The topological polar surface area (TPSA) is 55.1 Å². The van der Waals surface area contributed by atoms with Gasteiger partial charge >= 0.3 is 0 Å². The number of nitrogens with two attached hydrogens (primary N) is 1. The summed E-state index contributed by atoms with van der Waals surface area (Å²) in [5, 5.41) is 2.90. The van der Waals surface area contributed by atoms with E-state index < -0.39 is 0 Å². The van der Waals surface area contributed by atoms with Crippen molar-refractivity contribution in [1.29, 1.82) is 0 Å². The van der Waals surface area contributed by atoms with Crippen LogP contribution in [-0.4, -0.2) is 18.0 Å². The molecule has 1 saturated carbocycles. The summed E-state index contributed by atoms with van der Waals surface area (Å²) < 4.78 is 0. The molecule has 0 radical (unpaired) electrons. The van der Waals surface area contributed by atoms with Crippen molar-refractivity contribution in [3.05, 3.63) is 0 Å². The maximum Gasteiger partial charge on any atom is 0.220 e. The SMILES string of the molecule is CC(C)NC(=O)CC1CCC(N)C1. The monoisotopic (exact) mass is 184 g/mol. The third kappa shape index (κ3) is 3.77. The highest BCUT2D eigenvalue weighted by molar-refractivity contribution is 5.76. The highest BCUT2D eigenvalue weighted by atomic mass is 16.1. The third-order valence-corrected chi connectivity index (χ3v) is 2.51. The van der Waals surface area contributed by atoms with Crippen LogP contribution in [0.1, 0.15) is 39.5 Å². The standard InChI is InChI=1S/C10H20N2O/c1-7(2)12-10(13)6-8-3-4-9(11)5-8/h7-9H,3-6,11H2,1-2H3,(H,12,13). The molecule has 3 N–H and O–H groups in total. The Labute approximate surface area is 80.1 Å². The fraction of sp³-hybridized carbons (Fsp3) is 0.900. The molecule has 1 fully saturated rings. The Bertz CT molecular complexity index is 180. The van der Waals surface area contributed by atoms with Gasteiger partial charge in [0.05, 0.1) is 0 Å². The molecule has 0 aromatic carbocycles. The summed E-state index contributed by atoms with van der Waals surface area (Å²) in [6.45, 7) is 3.97. The van der Waals surface area contributed by atoms with Crippen LogP contribution in [0.15, 0.2) is 0 Å². The first-order valence-electron chi connectivity index (χ1n) is 5.13. The van der Waals surface area contributed by atoms with Crippen molar-refractivity contribution in [3.8, 4) is 0 Å². The maximum absolute atomic E-state index is 11.4. The lowest BCUT2D eigenvalue weighted by Gasteiger charge is -2.11. The lowest BCUT2D eigenvalue weighted by Crippen LogP contribution is -2.31. The molecular formula is C10H20N2O. The number of carbonyl (C=O) groups is 1. The maximum atomic E-state index is 11.4. The number of nitrogens with one attached hydrogen (secondary N) is 1. The molecular weight excluding hydrogens is 164 g/mol. The second-order valence-corrected chi connectivity index (χ2v) is 4.37. The van der Waals surface area contributed by atoms with Gasteiger partial charge in [-0.15, -0.1) is 0 Å². The van der Waals surface area contributed by atoms with E-state index in [1.807, 2.05) is 13.8 Å². The normalized spacial score (nSPS) is 28.0. The van der Waals surface area contributed by atoms with E-state index >= 15 is 0 Å². The van der Waals surface area contributed by atoms with Crippen LogP contribution in [0.25, 0.3) is 0 Å². The summed E-state index contributed by atoms with van der Waals surface area (Å²) in [5.74, 6) is 0.697. The van der Waals surface area contributed by atoms with Gasteiger partial charge in [0.2, 0.25) is 5.91 Å². The molecule has 3 heteroatoms. The Balaban J connectivity index is 2.21. The van der Waals surface area contributed by atoms with Crippen molar-refractivity contribution in [2.75, 3.05) is 0 Å². The van der Waals surface area contributed by atoms with E-state index in [9.17, 15) is 4.79 Å². The summed E-state index contributed by atoms with van der Waals surface area (Å²) in [4.78, 5) is 11.4. The highest BCUT2D eigenvalue weighted by Gasteiger charge is 2.23. The first-order valence-corrected chi connectivity index (χ1v) is 5.13. The Morgan fingerprint density at radius 1 is 1.54 bits per heavy atom. The zero-order chi connectivity index (χ0) is 9.84. The van der Waals surface area contributed by atoms with Gasteiger partial charge in [-0.25, -0.2) is 0 Å². The van der Waals surface area contributed by atoms with E-state index in [4.69, 9.17) is 5.73 Å². The van der Waals surface area contributed by atoms with Crippen LogP contribution in [0.4, 0.5) is 0 Å². The van der Waals surface area contributed by atoms with Gasteiger partial charge in [-0.1, -0.05) is 0 Å². The molecule has 1 aliphatic rings. The second-order valence-electron chi connectivity index (χ2n) is 4.37. The molecule has 76 valence electrons. The largest absolute Gasteiger partial charge is 0.354 e. The molecule has 0 aromatic rings. The third-order valence-electron chi connectivity index (χ3n) is 2.51. The lowest BCUT2D eigenvalue weighted by molar-refractivity contribution is -0.122. The van der Waals surface area contributed by atoms with Gasteiger partial charge in [0.1, 0.15) is 0 Å². The zero-order valence-electron chi connectivity index (χ0n) is 8.55. The van der Waals surface area contributed by atoms with Gasteiger partial charge in [-0.2, -0.15) is 0 Å². The van der Waals surface area contributed by atoms with Gasteiger partial charge in [0, 0.05) is 18.5 Å². The number of rotatable bonds is 3. The second kappa shape index (κ2) is 4.61. The Kier molecular flexibility index (Phi) is 3.72. The summed E-state index contributed by atoms with van der Waals surface area (Å²) in [6.07, 6.45) is 3.88. The van der Waals surface area contributed by atoms with Crippen molar-refractivity contribution in [1.82, 2.24) is 5.32 Å². The van der Waals surface area contributed by atoms with Crippen LogP contribution in [-0.2, 0) is 4.79 Å². The van der Waals surface area contributed by atoms with E-state index in [0.717, 1.165) is 19.3 Å². The van der Waals surface area contributed by atoms with Crippen molar-refractivity contribution < 1.29 is 4.79 Å². The number of hydrogen-bond donors (Lipinski definition) is 2. The summed E-state index contributed by atoms with van der Waals surface area (Å²) >= 11 is 0. The van der Waals surface area contributed by atoms with Gasteiger partial charge in [-0.3, -0.25) is 4.79 Å². The molecule has 0 bridgehead atoms. The summed E-state index contributed by atoms with van der Waals surface area (Å²) in [7, 11) is 0. The first-order chi connectivity index (χ1) is 6.08. The number of hydrogen-bond acceptors (Lipinski definition) is 2. The van der Waals surface area contributed by atoms with Crippen molar-refractivity contribution in [3.63, 3.8) is 0 Å². The average Bonchev–Trinajstić information content (AvgIpc) is 2.33. The van der Waals surface area contributed by atoms with Gasteiger partial charge < -0.3 is 11.1 Å². The number of carbonyl (C=O) groups excluding carboxylic acids is 1. The van der Waals surface area contributed by atoms with Crippen LogP contribution >= 0.6 is 0 Å². The van der Waals surface area contributed by atoms with Crippen LogP contribution in [0, 0.1) is 5.92 Å². The Hall–Kier alpha value is -0.570. The minimum Gasteiger partial charge on any atom is -0.354 e. The molecule has 13 heavy (non-hydrogen) atoms. The first kappa shape index (κ1) is 10.5. The quantitative estimate of drug-likeness (QED) is 0.688. The van der Waals surface area contributed by atoms with E-state index in [0.29, 0.717) is 18.4 Å².